The van der Waals surface area contributed by atoms with E-state index in [1.807, 2.05) is 35.2 Å². The molecule has 1 aromatic carbocycles. The van der Waals surface area contributed by atoms with Crippen LogP contribution in [0.4, 0.5) is 11.8 Å². The molecule has 11 heteroatoms. The number of morpholine rings is 1. The number of fused-ring (bicyclic) bond motifs is 1. The summed E-state index contributed by atoms with van der Waals surface area (Å²) in [7, 11) is 1.59. The lowest BCUT2D eigenvalue weighted by Crippen LogP contribution is -2.44. The van der Waals surface area contributed by atoms with E-state index in [1.54, 1.807) is 31.6 Å². The average molecular weight is 570 g/mol. The van der Waals surface area contributed by atoms with Gasteiger partial charge in [-0.05, 0) is 62.2 Å². The molecule has 1 atom stereocenters. The molecule has 1 amide bonds. The Morgan fingerprint density at radius 2 is 1.98 bits per heavy atom. The Hall–Kier alpha value is -4.35. The summed E-state index contributed by atoms with van der Waals surface area (Å²) < 4.78 is 11.1. The van der Waals surface area contributed by atoms with Gasteiger partial charge in [-0.3, -0.25) is 9.78 Å². The molecular formula is C31H35N7O4. The fourth-order valence-corrected chi connectivity index (χ4v) is 5.62. The number of pyridine rings is 2. The number of benzene rings is 1. The molecule has 0 unspecified atom stereocenters. The molecule has 0 radical (unpaired) electrons. The van der Waals surface area contributed by atoms with Gasteiger partial charge in [-0.2, -0.15) is 9.97 Å². The van der Waals surface area contributed by atoms with Gasteiger partial charge in [0.05, 0.1) is 49.6 Å². The van der Waals surface area contributed by atoms with Crippen molar-refractivity contribution in [3.63, 3.8) is 0 Å². The van der Waals surface area contributed by atoms with Crippen LogP contribution in [-0.2, 0) is 11.3 Å². The Kier molecular flexibility index (Phi) is 8.11. The van der Waals surface area contributed by atoms with Crippen LogP contribution < -0.4 is 15.0 Å². The Balaban J connectivity index is 1.28. The third-order valence-electron chi connectivity index (χ3n) is 7.95. The predicted octanol–water partition coefficient (Wildman–Crippen LogP) is 3.53. The van der Waals surface area contributed by atoms with Gasteiger partial charge < -0.3 is 29.7 Å². The Bertz CT molecular complexity index is 1560. The molecule has 2 N–H and O–H groups in total. The number of carbonyl (C=O) groups excluding carboxylic acids is 1. The smallest absolute Gasteiger partial charge is 0.255 e. The van der Waals surface area contributed by atoms with Crippen molar-refractivity contribution in [1.82, 2.24) is 24.8 Å². The first kappa shape index (κ1) is 27.8. The number of aliphatic hydroxyl groups is 1. The highest BCUT2D eigenvalue weighted by atomic mass is 16.5. The Morgan fingerprint density at radius 3 is 2.71 bits per heavy atom. The van der Waals surface area contributed by atoms with Crippen LogP contribution in [-0.4, -0.2) is 87.9 Å². The summed E-state index contributed by atoms with van der Waals surface area (Å²) in [6.07, 6.45) is 4.84. The van der Waals surface area contributed by atoms with Crippen LogP contribution in [0.1, 0.15) is 35.7 Å². The third kappa shape index (κ3) is 5.70. The minimum atomic E-state index is -0.132. The largest absolute Gasteiger partial charge is 0.496 e. The van der Waals surface area contributed by atoms with E-state index >= 15 is 0 Å². The first-order valence-corrected chi connectivity index (χ1v) is 14.3. The quantitative estimate of drug-likeness (QED) is 0.341. The van der Waals surface area contributed by atoms with Crippen LogP contribution in [0.15, 0.2) is 54.9 Å². The Labute approximate surface area is 244 Å². The molecular weight excluding hydrogens is 534 g/mol. The first-order valence-electron chi connectivity index (χ1n) is 14.3. The molecule has 2 saturated heterocycles. The number of nitrogens with zero attached hydrogens (tertiary/aromatic N) is 6. The number of aliphatic hydroxyl groups excluding tert-OH is 1. The van der Waals surface area contributed by atoms with E-state index in [1.165, 1.54) is 0 Å². The fourth-order valence-electron chi connectivity index (χ4n) is 5.62. The number of rotatable bonds is 7. The fraction of sp³-hybridized carbons (Fsp3) is 0.387. The molecule has 218 valence electrons. The van der Waals surface area contributed by atoms with Crippen molar-refractivity contribution in [2.24, 2.45) is 0 Å². The standard InChI is InChI=1S/C31H35N7O4/c1-20-19-42-15-14-38(20)29-25-6-7-26(21-5-8-27(41-2)23(16-21)18-39)34-28(25)35-31(36-29)33-24-9-12-37(13-10-24)30(40)22-4-3-11-32-17-22/h3-8,11,16-17,20,24,39H,9-10,12-15,18-19H2,1-2H3,(H,33,34,35,36)/t20-/m0/s1. The SMILES string of the molecule is COc1ccc(-c2ccc3c(N4CCOC[C@@H]4C)nc(NC4CCN(C(=O)c5cccnc5)CC4)nc3n2)cc1CO. The second-order valence-electron chi connectivity index (χ2n) is 10.7. The predicted molar refractivity (Wildman–Crippen MR) is 160 cm³/mol. The number of nitrogens with one attached hydrogen (secondary N) is 1. The molecule has 0 spiro atoms. The lowest BCUT2D eigenvalue weighted by Gasteiger charge is -2.35. The van der Waals surface area contributed by atoms with E-state index in [2.05, 4.69) is 22.1 Å². The van der Waals surface area contributed by atoms with Gasteiger partial charge in [-0.25, -0.2) is 4.98 Å². The molecule has 11 nitrogen and oxygen atoms in total. The van der Waals surface area contributed by atoms with Crippen LogP contribution in [0.25, 0.3) is 22.3 Å². The van der Waals surface area contributed by atoms with Crippen molar-refractivity contribution < 1.29 is 19.4 Å². The van der Waals surface area contributed by atoms with Crippen molar-refractivity contribution in [3.8, 4) is 17.0 Å². The first-order chi connectivity index (χ1) is 20.5. The van der Waals surface area contributed by atoms with Gasteiger partial charge in [0, 0.05) is 49.2 Å². The number of hydrogen-bond donors (Lipinski definition) is 2. The molecule has 0 aliphatic carbocycles. The van der Waals surface area contributed by atoms with Gasteiger partial charge in [-0.15, -0.1) is 0 Å². The zero-order chi connectivity index (χ0) is 29.1. The van der Waals surface area contributed by atoms with Gasteiger partial charge in [0.2, 0.25) is 5.95 Å². The monoisotopic (exact) mass is 569 g/mol. The van der Waals surface area contributed by atoms with E-state index in [4.69, 9.17) is 24.4 Å². The summed E-state index contributed by atoms with van der Waals surface area (Å²) in [6, 6.07) is 13.5. The second kappa shape index (κ2) is 12.3. The number of anilines is 2. The van der Waals surface area contributed by atoms with Crippen LogP contribution in [0.5, 0.6) is 5.75 Å². The molecule has 5 heterocycles. The number of hydrogen-bond acceptors (Lipinski definition) is 10. The third-order valence-corrected chi connectivity index (χ3v) is 7.95. The number of carbonyl (C=O) groups is 1. The number of ether oxygens (including phenoxy) is 2. The second-order valence-corrected chi connectivity index (χ2v) is 10.7. The van der Waals surface area contributed by atoms with E-state index in [-0.39, 0.29) is 24.6 Å². The summed E-state index contributed by atoms with van der Waals surface area (Å²) in [5.74, 6) is 1.98. The van der Waals surface area contributed by atoms with Crippen LogP contribution in [0, 0.1) is 0 Å². The van der Waals surface area contributed by atoms with E-state index in [9.17, 15) is 9.90 Å². The molecule has 0 bridgehead atoms. The highest BCUT2D eigenvalue weighted by Crippen LogP contribution is 2.31. The molecule has 0 saturated carbocycles. The topological polar surface area (TPSA) is 126 Å². The van der Waals surface area contributed by atoms with Crippen LogP contribution >= 0.6 is 0 Å². The highest BCUT2D eigenvalue weighted by molar-refractivity contribution is 5.94. The van der Waals surface area contributed by atoms with Crippen molar-refractivity contribution in [2.75, 3.05) is 50.2 Å². The van der Waals surface area contributed by atoms with E-state index in [0.717, 1.165) is 41.8 Å². The normalized spacial score (nSPS) is 17.8. The average Bonchev–Trinajstić information content (AvgIpc) is 3.04. The molecule has 6 rings (SSSR count). The lowest BCUT2D eigenvalue weighted by atomic mass is 10.0. The lowest BCUT2D eigenvalue weighted by molar-refractivity contribution is 0.0718. The molecule has 2 aliphatic rings. The van der Waals surface area contributed by atoms with Crippen LogP contribution in [0.3, 0.4) is 0 Å². The molecule has 4 aromatic rings. The molecule has 2 fully saturated rings. The van der Waals surface area contributed by atoms with Gasteiger partial charge in [-0.1, -0.05) is 0 Å². The summed E-state index contributed by atoms with van der Waals surface area (Å²) >= 11 is 0. The summed E-state index contributed by atoms with van der Waals surface area (Å²) in [5, 5.41) is 14.2. The number of likely N-dealkylation sites (tertiary alicyclic amines) is 1. The minimum Gasteiger partial charge on any atom is -0.496 e. The number of amides is 1. The molecule has 3 aromatic heterocycles. The highest BCUT2D eigenvalue weighted by Gasteiger charge is 2.27. The number of piperidine rings is 1. The number of methoxy groups -OCH3 is 1. The zero-order valence-corrected chi connectivity index (χ0v) is 23.9. The summed E-state index contributed by atoms with van der Waals surface area (Å²) in [5.41, 5.74) is 3.49. The van der Waals surface area contributed by atoms with Crippen molar-refractivity contribution in [3.05, 3.63) is 66.0 Å². The molecule has 42 heavy (non-hydrogen) atoms. The van der Waals surface area contributed by atoms with Gasteiger partial charge >= 0.3 is 0 Å². The van der Waals surface area contributed by atoms with Gasteiger partial charge in [0.15, 0.2) is 5.65 Å². The maximum Gasteiger partial charge on any atom is 0.255 e. The Morgan fingerprint density at radius 1 is 1.12 bits per heavy atom. The van der Waals surface area contributed by atoms with E-state index in [0.29, 0.717) is 54.8 Å². The van der Waals surface area contributed by atoms with Crippen LogP contribution in [0.2, 0.25) is 0 Å². The van der Waals surface area contributed by atoms with Gasteiger partial charge in [0.1, 0.15) is 11.6 Å². The van der Waals surface area contributed by atoms with Crippen molar-refractivity contribution in [1.29, 1.82) is 0 Å². The summed E-state index contributed by atoms with van der Waals surface area (Å²) in [4.78, 5) is 35.9. The maximum atomic E-state index is 12.9. The van der Waals surface area contributed by atoms with Crippen molar-refractivity contribution >= 4 is 28.7 Å². The number of aromatic nitrogens is 4. The zero-order valence-electron chi connectivity index (χ0n) is 23.9. The van der Waals surface area contributed by atoms with E-state index < -0.39 is 0 Å². The van der Waals surface area contributed by atoms with Crippen molar-refractivity contribution in [2.45, 2.75) is 38.5 Å². The van der Waals surface area contributed by atoms with Gasteiger partial charge in [0.25, 0.3) is 5.91 Å². The molecule has 2 aliphatic heterocycles. The summed E-state index contributed by atoms with van der Waals surface area (Å²) in [6.45, 7) is 5.25. The maximum absolute atomic E-state index is 12.9. The minimum absolute atomic E-state index is 0.00622.